The predicted molar refractivity (Wildman–Crippen MR) is 84.4 cm³/mol. The van der Waals surface area contributed by atoms with Gasteiger partial charge in [-0.3, -0.25) is 9.59 Å². The number of hydrogen-bond donors (Lipinski definition) is 1. The lowest BCUT2D eigenvalue weighted by Gasteiger charge is -2.33. The number of likely N-dealkylation sites (tertiary alicyclic amines) is 1. The average Bonchev–Trinajstić information content (AvgIpc) is 2.49. The van der Waals surface area contributed by atoms with Crippen LogP contribution in [0.1, 0.15) is 31.7 Å². The van der Waals surface area contributed by atoms with Crippen molar-refractivity contribution in [1.29, 1.82) is 0 Å². The summed E-state index contributed by atoms with van der Waals surface area (Å²) in [5.41, 5.74) is 6.38. The first-order valence-corrected chi connectivity index (χ1v) is 7.76. The van der Waals surface area contributed by atoms with Gasteiger partial charge in [-0.2, -0.15) is 0 Å². The van der Waals surface area contributed by atoms with E-state index in [1.54, 1.807) is 6.92 Å². The summed E-state index contributed by atoms with van der Waals surface area (Å²) in [5.74, 6) is 0.740. The van der Waals surface area contributed by atoms with Crippen molar-refractivity contribution >= 4 is 11.8 Å². The molecule has 2 amide bonds. The van der Waals surface area contributed by atoms with Gasteiger partial charge < -0.3 is 15.4 Å². The van der Waals surface area contributed by atoms with E-state index < -0.39 is 6.10 Å². The average molecular weight is 304 g/mol. The van der Waals surface area contributed by atoms with E-state index in [4.69, 9.17) is 10.5 Å². The second-order valence-electron chi connectivity index (χ2n) is 6.01. The third-order valence-electron chi connectivity index (χ3n) is 4.10. The summed E-state index contributed by atoms with van der Waals surface area (Å²) in [6.07, 6.45) is 1.56. The van der Waals surface area contributed by atoms with Crippen molar-refractivity contribution in [3.05, 3.63) is 29.8 Å². The first kappa shape index (κ1) is 16.3. The van der Waals surface area contributed by atoms with Crippen LogP contribution in [0.3, 0.4) is 0 Å². The summed E-state index contributed by atoms with van der Waals surface area (Å²) in [6.45, 7) is 5.11. The maximum Gasteiger partial charge on any atom is 0.263 e. The van der Waals surface area contributed by atoms with Crippen LogP contribution >= 0.6 is 0 Å². The molecule has 1 aliphatic rings. The fourth-order valence-corrected chi connectivity index (χ4v) is 2.77. The lowest BCUT2D eigenvalue weighted by atomic mass is 9.93. The zero-order valence-corrected chi connectivity index (χ0v) is 13.2. The van der Waals surface area contributed by atoms with Gasteiger partial charge in [-0.05, 0) is 44.7 Å². The largest absolute Gasteiger partial charge is 0.481 e. The molecule has 0 radical (unpaired) electrons. The second-order valence-corrected chi connectivity index (χ2v) is 6.01. The van der Waals surface area contributed by atoms with Gasteiger partial charge in [0.05, 0.1) is 0 Å². The molecule has 1 atom stereocenters. The van der Waals surface area contributed by atoms with Gasteiger partial charge in [-0.15, -0.1) is 0 Å². The van der Waals surface area contributed by atoms with Crippen LogP contribution in [0, 0.1) is 12.8 Å². The van der Waals surface area contributed by atoms with E-state index >= 15 is 0 Å². The van der Waals surface area contributed by atoms with Gasteiger partial charge in [-0.25, -0.2) is 0 Å². The van der Waals surface area contributed by atoms with Gasteiger partial charge in [0.15, 0.2) is 6.10 Å². The molecule has 120 valence electrons. The Kier molecular flexibility index (Phi) is 5.41. The molecule has 1 aromatic rings. The topological polar surface area (TPSA) is 72.6 Å². The highest BCUT2D eigenvalue weighted by Gasteiger charge is 2.27. The Morgan fingerprint density at radius 1 is 1.27 bits per heavy atom. The van der Waals surface area contributed by atoms with Crippen LogP contribution in [0.2, 0.25) is 0 Å². The fourth-order valence-electron chi connectivity index (χ4n) is 2.77. The first-order chi connectivity index (χ1) is 10.5. The molecule has 1 aromatic carbocycles. The van der Waals surface area contributed by atoms with Crippen LogP contribution in [-0.2, 0) is 9.59 Å². The van der Waals surface area contributed by atoms with Crippen molar-refractivity contribution in [3.8, 4) is 5.75 Å². The number of hydrogen-bond acceptors (Lipinski definition) is 3. The lowest BCUT2D eigenvalue weighted by Crippen LogP contribution is -2.45. The van der Waals surface area contributed by atoms with Crippen molar-refractivity contribution < 1.29 is 14.3 Å². The number of rotatable bonds is 5. The summed E-state index contributed by atoms with van der Waals surface area (Å²) >= 11 is 0. The standard InChI is InChI=1S/C17H24N2O3/c1-12-3-5-15(6-4-12)22-13(2)17(21)19-9-7-14(8-10-19)11-16(18)20/h3-6,13-14H,7-11H2,1-2H3,(H2,18,20)/t13-/m0/s1. The highest BCUT2D eigenvalue weighted by atomic mass is 16.5. The maximum absolute atomic E-state index is 12.4. The summed E-state index contributed by atoms with van der Waals surface area (Å²) in [6, 6.07) is 7.67. The molecule has 0 spiro atoms. The number of ether oxygens (including phenoxy) is 1. The minimum Gasteiger partial charge on any atom is -0.481 e. The van der Waals surface area contributed by atoms with Gasteiger partial charge in [-0.1, -0.05) is 17.7 Å². The number of primary amides is 1. The van der Waals surface area contributed by atoms with Gasteiger partial charge >= 0.3 is 0 Å². The molecular weight excluding hydrogens is 280 g/mol. The van der Waals surface area contributed by atoms with Gasteiger partial charge in [0.25, 0.3) is 5.91 Å². The molecule has 1 saturated heterocycles. The number of aryl methyl sites for hydroxylation is 1. The first-order valence-electron chi connectivity index (χ1n) is 7.76. The molecule has 0 aliphatic carbocycles. The summed E-state index contributed by atoms with van der Waals surface area (Å²) < 4.78 is 5.71. The zero-order valence-electron chi connectivity index (χ0n) is 13.2. The Bertz CT molecular complexity index is 519. The van der Waals surface area contributed by atoms with Crippen LogP contribution in [0.5, 0.6) is 5.75 Å². The number of amides is 2. The molecule has 1 heterocycles. The van der Waals surface area contributed by atoms with Gasteiger partial charge in [0.2, 0.25) is 5.91 Å². The number of piperidine rings is 1. The Morgan fingerprint density at radius 3 is 2.41 bits per heavy atom. The minimum atomic E-state index is -0.504. The quantitative estimate of drug-likeness (QED) is 0.902. The molecule has 5 nitrogen and oxygen atoms in total. The SMILES string of the molecule is Cc1ccc(O[C@@H](C)C(=O)N2CCC(CC(N)=O)CC2)cc1. The van der Waals surface area contributed by atoms with E-state index in [1.807, 2.05) is 36.1 Å². The molecule has 22 heavy (non-hydrogen) atoms. The number of benzene rings is 1. The van der Waals surface area contributed by atoms with E-state index in [-0.39, 0.29) is 11.8 Å². The number of carbonyl (C=O) groups is 2. The normalized spacial score (nSPS) is 17.1. The van der Waals surface area contributed by atoms with Crippen molar-refractivity contribution in [3.63, 3.8) is 0 Å². The molecular formula is C17H24N2O3. The predicted octanol–water partition coefficient (Wildman–Crippen LogP) is 1.88. The van der Waals surface area contributed by atoms with Gasteiger partial charge in [0, 0.05) is 19.5 Å². The third kappa shape index (κ3) is 4.48. The Labute approximate surface area is 131 Å². The molecule has 0 bridgehead atoms. The smallest absolute Gasteiger partial charge is 0.263 e. The van der Waals surface area contributed by atoms with Crippen molar-refractivity contribution in [2.75, 3.05) is 13.1 Å². The van der Waals surface area contributed by atoms with E-state index in [2.05, 4.69) is 0 Å². The monoisotopic (exact) mass is 304 g/mol. The number of carbonyl (C=O) groups excluding carboxylic acids is 2. The zero-order chi connectivity index (χ0) is 16.1. The van der Waals surface area contributed by atoms with Crippen molar-refractivity contribution in [2.45, 2.75) is 39.2 Å². The summed E-state index contributed by atoms with van der Waals surface area (Å²) in [5, 5.41) is 0. The number of nitrogens with two attached hydrogens (primary N) is 1. The van der Waals surface area contributed by atoms with E-state index in [0.29, 0.717) is 31.2 Å². The number of nitrogens with zero attached hydrogens (tertiary/aromatic N) is 1. The molecule has 0 aromatic heterocycles. The summed E-state index contributed by atoms with van der Waals surface area (Å²) in [4.78, 5) is 25.2. The molecule has 0 saturated carbocycles. The molecule has 5 heteroatoms. The fraction of sp³-hybridized carbons (Fsp3) is 0.529. The van der Waals surface area contributed by atoms with Crippen molar-refractivity contribution in [1.82, 2.24) is 4.90 Å². The Balaban J connectivity index is 1.84. The van der Waals surface area contributed by atoms with Crippen LogP contribution in [0.4, 0.5) is 0 Å². The lowest BCUT2D eigenvalue weighted by molar-refractivity contribution is -0.139. The Morgan fingerprint density at radius 2 is 1.86 bits per heavy atom. The van der Waals surface area contributed by atoms with Gasteiger partial charge in [0.1, 0.15) is 5.75 Å². The highest BCUT2D eigenvalue weighted by molar-refractivity contribution is 5.81. The summed E-state index contributed by atoms with van der Waals surface area (Å²) in [7, 11) is 0. The van der Waals surface area contributed by atoms with E-state index in [0.717, 1.165) is 18.4 Å². The van der Waals surface area contributed by atoms with E-state index in [1.165, 1.54) is 0 Å². The Hall–Kier alpha value is -2.04. The van der Waals surface area contributed by atoms with Crippen LogP contribution < -0.4 is 10.5 Å². The van der Waals surface area contributed by atoms with Crippen LogP contribution in [0.15, 0.2) is 24.3 Å². The molecule has 0 unspecified atom stereocenters. The highest BCUT2D eigenvalue weighted by Crippen LogP contribution is 2.21. The molecule has 2 rings (SSSR count). The van der Waals surface area contributed by atoms with Crippen LogP contribution in [0.25, 0.3) is 0 Å². The third-order valence-corrected chi connectivity index (χ3v) is 4.10. The van der Waals surface area contributed by atoms with E-state index in [9.17, 15) is 9.59 Å². The molecule has 2 N–H and O–H groups in total. The minimum absolute atomic E-state index is 0.00176. The second kappa shape index (κ2) is 7.29. The molecule has 1 fully saturated rings. The molecule has 1 aliphatic heterocycles. The maximum atomic E-state index is 12.4. The van der Waals surface area contributed by atoms with Crippen LogP contribution in [-0.4, -0.2) is 35.9 Å². The van der Waals surface area contributed by atoms with Crippen molar-refractivity contribution in [2.24, 2.45) is 11.7 Å².